The number of ether oxygens (including phenoxy) is 1. The van der Waals surface area contributed by atoms with Crippen LogP contribution in [0.1, 0.15) is 47.8 Å². The second-order valence-corrected chi connectivity index (χ2v) is 8.01. The fraction of sp³-hybridized carbons (Fsp3) is 0.391. The standard InChI is InChI=1S/C23H30N2O3/c1-16-7-6-8-18(13-16)22(27)25-12-11-24-21(26)15-28-20-10-9-17(2)14-19(20)23(3,4)5/h6-10,13-14H,11-12,15H2,1-5H3,(H,24,26)(H,25,27). The smallest absolute Gasteiger partial charge is 0.258 e. The van der Waals surface area contributed by atoms with Gasteiger partial charge in [0.25, 0.3) is 11.8 Å². The third-order valence-corrected chi connectivity index (χ3v) is 4.31. The molecule has 5 heteroatoms. The summed E-state index contributed by atoms with van der Waals surface area (Å²) in [5, 5.41) is 5.56. The van der Waals surface area contributed by atoms with Gasteiger partial charge in [0.2, 0.25) is 0 Å². The van der Waals surface area contributed by atoms with E-state index in [-0.39, 0.29) is 23.8 Å². The molecule has 0 bridgehead atoms. The number of aryl methyl sites for hydroxylation is 2. The lowest BCUT2D eigenvalue weighted by Crippen LogP contribution is -2.36. The number of amides is 2. The Hall–Kier alpha value is -2.82. The van der Waals surface area contributed by atoms with Gasteiger partial charge in [-0.15, -0.1) is 0 Å². The molecule has 2 rings (SSSR count). The summed E-state index contributed by atoms with van der Waals surface area (Å²) in [7, 11) is 0. The fourth-order valence-corrected chi connectivity index (χ4v) is 2.82. The molecule has 0 aliphatic carbocycles. The summed E-state index contributed by atoms with van der Waals surface area (Å²) >= 11 is 0. The predicted octanol–water partition coefficient (Wildman–Crippen LogP) is 3.53. The van der Waals surface area contributed by atoms with Gasteiger partial charge in [-0.1, -0.05) is 56.2 Å². The van der Waals surface area contributed by atoms with Gasteiger partial charge in [-0.05, 0) is 43.0 Å². The summed E-state index contributed by atoms with van der Waals surface area (Å²) in [4.78, 5) is 24.1. The van der Waals surface area contributed by atoms with Crippen LogP contribution in [0.25, 0.3) is 0 Å². The highest BCUT2D eigenvalue weighted by Gasteiger charge is 2.19. The molecule has 5 nitrogen and oxygen atoms in total. The van der Waals surface area contributed by atoms with Crippen LogP contribution in [0, 0.1) is 13.8 Å². The maximum absolute atomic E-state index is 12.1. The van der Waals surface area contributed by atoms with E-state index in [1.54, 1.807) is 6.07 Å². The fourth-order valence-electron chi connectivity index (χ4n) is 2.82. The van der Waals surface area contributed by atoms with Crippen LogP contribution in [0.2, 0.25) is 0 Å². The minimum absolute atomic E-state index is 0.0576. The largest absolute Gasteiger partial charge is 0.483 e. The molecule has 0 aliphatic heterocycles. The van der Waals surface area contributed by atoms with Crippen molar-refractivity contribution in [3.05, 3.63) is 64.7 Å². The van der Waals surface area contributed by atoms with Gasteiger partial charge >= 0.3 is 0 Å². The van der Waals surface area contributed by atoms with Crippen molar-refractivity contribution < 1.29 is 14.3 Å². The second-order valence-electron chi connectivity index (χ2n) is 8.01. The number of hydrogen-bond donors (Lipinski definition) is 2. The first-order valence-corrected chi connectivity index (χ1v) is 9.52. The molecule has 0 spiro atoms. The topological polar surface area (TPSA) is 67.4 Å². The molecule has 2 amide bonds. The number of carbonyl (C=O) groups is 2. The lowest BCUT2D eigenvalue weighted by Gasteiger charge is -2.23. The Labute approximate surface area is 167 Å². The Morgan fingerprint density at radius 2 is 1.61 bits per heavy atom. The molecular formula is C23H30N2O3. The van der Waals surface area contributed by atoms with Crippen LogP contribution in [0.15, 0.2) is 42.5 Å². The van der Waals surface area contributed by atoms with E-state index >= 15 is 0 Å². The molecule has 2 aromatic carbocycles. The highest BCUT2D eigenvalue weighted by Crippen LogP contribution is 2.32. The van der Waals surface area contributed by atoms with Crippen molar-refractivity contribution in [2.45, 2.75) is 40.0 Å². The molecule has 2 N–H and O–H groups in total. The molecule has 0 radical (unpaired) electrons. The summed E-state index contributed by atoms with van der Waals surface area (Å²) in [6.07, 6.45) is 0. The second kappa shape index (κ2) is 9.40. The highest BCUT2D eigenvalue weighted by molar-refractivity contribution is 5.94. The number of carbonyl (C=O) groups excluding carboxylic acids is 2. The van der Waals surface area contributed by atoms with Gasteiger partial charge in [-0.2, -0.15) is 0 Å². The normalized spacial score (nSPS) is 11.0. The van der Waals surface area contributed by atoms with Crippen LogP contribution in [0.4, 0.5) is 0 Å². The molecule has 28 heavy (non-hydrogen) atoms. The quantitative estimate of drug-likeness (QED) is 0.720. The van der Waals surface area contributed by atoms with E-state index in [1.165, 1.54) is 0 Å². The molecule has 0 aromatic heterocycles. The third kappa shape index (κ3) is 6.41. The summed E-state index contributed by atoms with van der Waals surface area (Å²) in [6, 6.07) is 13.4. The van der Waals surface area contributed by atoms with Crippen LogP contribution in [0.5, 0.6) is 5.75 Å². The molecule has 150 valence electrons. The summed E-state index contributed by atoms with van der Waals surface area (Å²) in [6.45, 7) is 11.0. The molecule has 0 heterocycles. The minimum Gasteiger partial charge on any atom is -0.483 e. The Bertz CT molecular complexity index is 838. The van der Waals surface area contributed by atoms with E-state index in [2.05, 4.69) is 37.5 Å². The third-order valence-electron chi connectivity index (χ3n) is 4.31. The van der Waals surface area contributed by atoms with E-state index in [0.717, 1.165) is 22.4 Å². The number of nitrogens with one attached hydrogen (secondary N) is 2. The molecule has 0 unspecified atom stereocenters. The predicted molar refractivity (Wildman–Crippen MR) is 112 cm³/mol. The molecule has 0 atom stereocenters. The van der Waals surface area contributed by atoms with Crippen LogP contribution < -0.4 is 15.4 Å². The van der Waals surface area contributed by atoms with Crippen LogP contribution in [-0.2, 0) is 10.2 Å². The number of benzene rings is 2. The molecule has 2 aromatic rings. The van der Waals surface area contributed by atoms with Gasteiger partial charge < -0.3 is 15.4 Å². The van der Waals surface area contributed by atoms with Crippen molar-refractivity contribution in [3.8, 4) is 5.75 Å². The van der Waals surface area contributed by atoms with E-state index in [1.807, 2.05) is 44.2 Å². The summed E-state index contributed by atoms with van der Waals surface area (Å²) in [5.41, 5.74) is 3.81. The van der Waals surface area contributed by atoms with Gasteiger partial charge in [0.15, 0.2) is 6.61 Å². The SMILES string of the molecule is Cc1cccc(C(=O)NCCNC(=O)COc2ccc(C)cc2C(C)(C)C)c1. The van der Waals surface area contributed by atoms with Gasteiger partial charge in [0.1, 0.15) is 5.75 Å². The summed E-state index contributed by atoms with van der Waals surface area (Å²) in [5.74, 6) is 0.356. The minimum atomic E-state index is -0.217. The maximum Gasteiger partial charge on any atom is 0.258 e. The lowest BCUT2D eigenvalue weighted by molar-refractivity contribution is -0.123. The van der Waals surface area contributed by atoms with E-state index in [9.17, 15) is 9.59 Å². The average molecular weight is 383 g/mol. The first-order chi connectivity index (χ1) is 13.2. The molecule has 0 saturated carbocycles. The zero-order chi connectivity index (χ0) is 20.7. The van der Waals surface area contributed by atoms with E-state index in [0.29, 0.717) is 18.7 Å². The van der Waals surface area contributed by atoms with Crippen molar-refractivity contribution in [1.82, 2.24) is 10.6 Å². The Balaban J connectivity index is 1.77. The van der Waals surface area contributed by atoms with Gasteiger partial charge in [0, 0.05) is 18.7 Å². The van der Waals surface area contributed by atoms with Gasteiger partial charge in [-0.3, -0.25) is 9.59 Å². The first-order valence-electron chi connectivity index (χ1n) is 9.52. The zero-order valence-corrected chi connectivity index (χ0v) is 17.4. The monoisotopic (exact) mass is 382 g/mol. The zero-order valence-electron chi connectivity index (χ0n) is 17.4. The van der Waals surface area contributed by atoms with Gasteiger partial charge in [-0.25, -0.2) is 0 Å². The highest BCUT2D eigenvalue weighted by atomic mass is 16.5. The Kier molecular flexibility index (Phi) is 7.21. The van der Waals surface area contributed by atoms with Crippen LogP contribution >= 0.6 is 0 Å². The van der Waals surface area contributed by atoms with Gasteiger partial charge in [0.05, 0.1) is 0 Å². The van der Waals surface area contributed by atoms with Crippen molar-refractivity contribution in [3.63, 3.8) is 0 Å². The lowest BCUT2D eigenvalue weighted by atomic mass is 9.85. The van der Waals surface area contributed by atoms with Crippen molar-refractivity contribution >= 4 is 11.8 Å². The van der Waals surface area contributed by atoms with Crippen molar-refractivity contribution in [2.24, 2.45) is 0 Å². The van der Waals surface area contributed by atoms with Crippen LogP contribution in [0.3, 0.4) is 0 Å². The molecule has 0 aliphatic rings. The summed E-state index contributed by atoms with van der Waals surface area (Å²) < 4.78 is 5.74. The Morgan fingerprint density at radius 1 is 0.929 bits per heavy atom. The Morgan fingerprint density at radius 3 is 2.29 bits per heavy atom. The van der Waals surface area contributed by atoms with Crippen molar-refractivity contribution in [1.29, 1.82) is 0 Å². The van der Waals surface area contributed by atoms with E-state index in [4.69, 9.17) is 4.74 Å². The molecular weight excluding hydrogens is 352 g/mol. The molecule has 0 saturated heterocycles. The van der Waals surface area contributed by atoms with Crippen molar-refractivity contribution in [2.75, 3.05) is 19.7 Å². The van der Waals surface area contributed by atoms with Crippen LogP contribution in [-0.4, -0.2) is 31.5 Å². The maximum atomic E-state index is 12.1. The number of hydrogen-bond acceptors (Lipinski definition) is 3. The first kappa shape index (κ1) is 21.5. The average Bonchev–Trinajstić information content (AvgIpc) is 2.63. The molecule has 0 fully saturated rings. The number of rotatable bonds is 7. The van der Waals surface area contributed by atoms with E-state index < -0.39 is 0 Å².